The van der Waals surface area contributed by atoms with Gasteiger partial charge in [0.1, 0.15) is 0 Å². The SMILES string of the molecule is CCCN(Cc1ccccc1N)c1n[nH]c(=O)[nH]c1=O. The molecule has 0 radical (unpaired) electrons. The highest BCUT2D eigenvalue weighted by molar-refractivity contribution is 5.49. The Balaban J connectivity index is 2.34. The van der Waals surface area contributed by atoms with Crippen LogP contribution in [0.4, 0.5) is 11.5 Å². The maximum atomic E-state index is 11.8. The smallest absolute Gasteiger partial charge is 0.342 e. The number of nitrogens with two attached hydrogens (primary N) is 1. The molecule has 0 saturated heterocycles. The summed E-state index contributed by atoms with van der Waals surface area (Å²) in [5, 5.41) is 6.07. The molecule has 0 aliphatic rings. The minimum Gasteiger partial charge on any atom is -0.398 e. The number of nitrogens with zero attached hydrogens (tertiary/aromatic N) is 2. The molecule has 20 heavy (non-hydrogen) atoms. The summed E-state index contributed by atoms with van der Waals surface area (Å²) < 4.78 is 0. The third-order valence-corrected chi connectivity index (χ3v) is 2.90. The average molecular weight is 275 g/mol. The van der Waals surface area contributed by atoms with Gasteiger partial charge in [0.2, 0.25) is 5.82 Å². The van der Waals surface area contributed by atoms with Crippen molar-refractivity contribution >= 4 is 11.5 Å². The highest BCUT2D eigenvalue weighted by Crippen LogP contribution is 2.15. The molecule has 0 bridgehead atoms. The van der Waals surface area contributed by atoms with Crippen LogP contribution in [0.3, 0.4) is 0 Å². The van der Waals surface area contributed by atoms with Gasteiger partial charge in [0, 0.05) is 18.8 Å². The fourth-order valence-corrected chi connectivity index (χ4v) is 1.97. The zero-order valence-corrected chi connectivity index (χ0v) is 11.2. The van der Waals surface area contributed by atoms with Crippen molar-refractivity contribution < 1.29 is 0 Å². The molecule has 1 heterocycles. The van der Waals surface area contributed by atoms with Crippen LogP contribution in [0.25, 0.3) is 0 Å². The third kappa shape index (κ3) is 3.05. The Labute approximate surface area is 115 Å². The van der Waals surface area contributed by atoms with Crippen LogP contribution in [-0.2, 0) is 6.54 Å². The first-order valence-electron chi connectivity index (χ1n) is 6.39. The number of nitrogens with one attached hydrogen (secondary N) is 2. The van der Waals surface area contributed by atoms with Crippen LogP contribution >= 0.6 is 0 Å². The van der Waals surface area contributed by atoms with Crippen molar-refractivity contribution in [2.24, 2.45) is 0 Å². The second kappa shape index (κ2) is 6.05. The summed E-state index contributed by atoms with van der Waals surface area (Å²) in [6.45, 7) is 3.10. The van der Waals surface area contributed by atoms with Crippen molar-refractivity contribution in [1.82, 2.24) is 15.2 Å². The van der Waals surface area contributed by atoms with Crippen LogP contribution in [-0.4, -0.2) is 21.7 Å². The standard InChI is InChI=1S/C13H17N5O2/c1-2-7-18(8-9-5-3-4-6-10(9)14)11-12(19)15-13(20)17-16-11/h3-6H,2,7-8,14H2,1H3,(H2,15,17,19,20). The zero-order chi connectivity index (χ0) is 14.5. The molecule has 0 spiro atoms. The lowest BCUT2D eigenvalue weighted by molar-refractivity contribution is 0.726. The Kier molecular flexibility index (Phi) is 4.19. The molecule has 7 nitrogen and oxygen atoms in total. The van der Waals surface area contributed by atoms with E-state index in [2.05, 4.69) is 15.2 Å². The number of benzene rings is 1. The van der Waals surface area contributed by atoms with Crippen LogP contribution in [0.2, 0.25) is 0 Å². The Morgan fingerprint density at radius 3 is 2.70 bits per heavy atom. The van der Waals surface area contributed by atoms with Crippen molar-refractivity contribution in [1.29, 1.82) is 0 Å². The van der Waals surface area contributed by atoms with Crippen molar-refractivity contribution in [2.75, 3.05) is 17.2 Å². The fraction of sp³-hybridized carbons (Fsp3) is 0.308. The number of rotatable bonds is 5. The molecule has 106 valence electrons. The summed E-state index contributed by atoms with van der Waals surface area (Å²) in [5.41, 5.74) is 6.37. The number of aromatic nitrogens is 3. The second-order valence-corrected chi connectivity index (χ2v) is 4.45. The topological polar surface area (TPSA) is 108 Å². The Bertz CT molecular complexity index is 691. The minimum absolute atomic E-state index is 0.190. The monoisotopic (exact) mass is 275 g/mol. The minimum atomic E-state index is -0.616. The highest BCUT2D eigenvalue weighted by Gasteiger charge is 2.13. The molecule has 0 unspecified atom stereocenters. The summed E-state index contributed by atoms with van der Waals surface area (Å²) in [5.74, 6) is 0.190. The van der Waals surface area contributed by atoms with E-state index in [1.54, 1.807) is 4.90 Å². The molecule has 1 aromatic carbocycles. The largest absolute Gasteiger partial charge is 0.398 e. The van der Waals surface area contributed by atoms with Gasteiger partial charge in [-0.15, -0.1) is 5.10 Å². The first-order valence-corrected chi connectivity index (χ1v) is 6.39. The maximum Gasteiger partial charge on any atom is 0.342 e. The van der Waals surface area contributed by atoms with Crippen LogP contribution in [0.5, 0.6) is 0 Å². The van der Waals surface area contributed by atoms with Gasteiger partial charge in [-0.2, -0.15) is 0 Å². The van der Waals surface area contributed by atoms with Gasteiger partial charge in [-0.05, 0) is 18.1 Å². The molecule has 2 rings (SSSR count). The number of anilines is 2. The number of nitrogen functional groups attached to an aromatic ring is 1. The van der Waals surface area contributed by atoms with Gasteiger partial charge in [0.05, 0.1) is 0 Å². The Morgan fingerprint density at radius 2 is 2.05 bits per heavy atom. The molecule has 0 amide bonds. The van der Waals surface area contributed by atoms with Crippen LogP contribution in [0.15, 0.2) is 33.9 Å². The van der Waals surface area contributed by atoms with Crippen molar-refractivity contribution in [2.45, 2.75) is 19.9 Å². The molecule has 1 aromatic heterocycles. The number of aromatic amines is 2. The predicted molar refractivity (Wildman–Crippen MR) is 77.7 cm³/mol. The first kappa shape index (κ1) is 13.9. The zero-order valence-electron chi connectivity index (χ0n) is 11.2. The van der Waals surface area contributed by atoms with E-state index in [1.165, 1.54) is 0 Å². The third-order valence-electron chi connectivity index (χ3n) is 2.90. The van der Waals surface area contributed by atoms with Gasteiger partial charge in [-0.1, -0.05) is 25.1 Å². The number of H-pyrrole nitrogens is 2. The van der Waals surface area contributed by atoms with Crippen molar-refractivity contribution in [3.63, 3.8) is 0 Å². The summed E-state index contributed by atoms with van der Waals surface area (Å²) in [7, 11) is 0. The molecule has 0 aliphatic carbocycles. The lowest BCUT2D eigenvalue weighted by Crippen LogP contribution is -2.35. The van der Waals surface area contributed by atoms with Gasteiger partial charge in [0.25, 0.3) is 5.56 Å². The predicted octanol–water partition coefficient (Wildman–Crippen LogP) is 0.457. The van der Waals surface area contributed by atoms with E-state index in [0.29, 0.717) is 18.8 Å². The average Bonchev–Trinajstić information content (AvgIpc) is 2.41. The molecule has 0 fully saturated rings. The van der Waals surface area contributed by atoms with Crippen LogP contribution in [0, 0.1) is 0 Å². The molecule has 0 aliphatic heterocycles. The van der Waals surface area contributed by atoms with Gasteiger partial charge in [-0.3, -0.25) is 9.78 Å². The molecular formula is C13H17N5O2. The van der Waals surface area contributed by atoms with E-state index in [9.17, 15) is 9.59 Å². The molecule has 0 atom stereocenters. The van der Waals surface area contributed by atoms with E-state index < -0.39 is 11.2 Å². The van der Waals surface area contributed by atoms with Gasteiger partial charge in [-0.25, -0.2) is 9.89 Å². The molecular weight excluding hydrogens is 258 g/mol. The van der Waals surface area contributed by atoms with Crippen LogP contribution in [0.1, 0.15) is 18.9 Å². The summed E-state index contributed by atoms with van der Waals surface area (Å²) >= 11 is 0. The lowest BCUT2D eigenvalue weighted by Gasteiger charge is -2.22. The second-order valence-electron chi connectivity index (χ2n) is 4.45. The molecule has 0 saturated carbocycles. The van der Waals surface area contributed by atoms with Gasteiger partial charge >= 0.3 is 5.69 Å². The molecule has 7 heteroatoms. The van der Waals surface area contributed by atoms with E-state index >= 15 is 0 Å². The Hall–Kier alpha value is -2.57. The van der Waals surface area contributed by atoms with Crippen molar-refractivity contribution in [3.05, 3.63) is 50.7 Å². The highest BCUT2D eigenvalue weighted by atomic mass is 16.2. The van der Waals surface area contributed by atoms with E-state index in [4.69, 9.17) is 5.73 Å². The first-order chi connectivity index (χ1) is 9.61. The van der Waals surface area contributed by atoms with E-state index in [-0.39, 0.29) is 5.82 Å². The maximum absolute atomic E-state index is 11.8. The molecule has 4 N–H and O–H groups in total. The van der Waals surface area contributed by atoms with Crippen LogP contribution < -0.4 is 21.9 Å². The number of para-hydroxylation sites is 1. The van der Waals surface area contributed by atoms with E-state index in [0.717, 1.165) is 12.0 Å². The fourth-order valence-electron chi connectivity index (χ4n) is 1.97. The lowest BCUT2D eigenvalue weighted by atomic mass is 10.1. The van der Waals surface area contributed by atoms with Gasteiger partial charge < -0.3 is 10.6 Å². The summed E-state index contributed by atoms with van der Waals surface area (Å²) in [6.07, 6.45) is 0.840. The molecule has 2 aromatic rings. The quantitative estimate of drug-likeness (QED) is 0.687. The number of hydrogen-bond donors (Lipinski definition) is 3. The van der Waals surface area contributed by atoms with Gasteiger partial charge in [0.15, 0.2) is 0 Å². The number of hydrogen-bond acceptors (Lipinski definition) is 5. The normalized spacial score (nSPS) is 10.4. The van der Waals surface area contributed by atoms with Crippen molar-refractivity contribution in [3.8, 4) is 0 Å². The summed E-state index contributed by atoms with van der Waals surface area (Å²) in [6, 6.07) is 7.45. The van der Waals surface area contributed by atoms with E-state index in [1.807, 2.05) is 31.2 Å². The Morgan fingerprint density at radius 1 is 1.30 bits per heavy atom. The summed E-state index contributed by atoms with van der Waals surface area (Å²) in [4.78, 5) is 26.8.